The lowest BCUT2D eigenvalue weighted by molar-refractivity contribution is -0.274. The fourth-order valence-corrected chi connectivity index (χ4v) is 1.60. The van der Waals surface area contributed by atoms with Crippen LogP contribution in [0.4, 0.5) is 18.9 Å². The van der Waals surface area contributed by atoms with E-state index in [0.717, 1.165) is 6.07 Å². The molecule has 1 aromatic carbocycles. The molecule has 0 atom stereocenters. The van der Waals surface area contributed by atoms with E-state index in [9.17, 15) is 18.0 Å². The first-order valence-electron chi connectivity index (χ1n) is 4.87. The summed E-state index contributed by atoms with van der Waals surface area (Å²) in [4.78, 5) is 11.2. The number of carbonyl (C=O) groups excluding carboxylic acids is 1. The summed E-state index contributed by atoms with van der Waals surface area (Å²) in [5.74, 6) is -0.687. The van der Waals surface area contributed by atoms with E-state index in [0.29, 0.717) is 5.69 Å². The van der Waals surface area contributed by atoms with Crippen LogP contribution < -0.4 is 15.8 Å². The summed E-state index contributed by atoms with van der Waals surface area (Å²) in [5.41, 5.74) is 5.55. The number of anilines is 1. The summed E-state index contributed by atoms with van der Waals surface area (Å²) in [6.45, 7) is 0.197. The Morgan fingerprint density at radius 1 is 1.44 bits per heavy atom. The van der Waals surface area contributed by atoms with Gasteiger partial charge in [0.05, 0.1) is 4.47 Å². The third kappa shape index (κ3) is 4.92. The van der Waals surface area contributed by atoms with Crippen molar-refractivity contribution in [2.24, 2.45) is 5.73 Å². The Hall–Kier alpha value is -1.28. The second kappa shape index (κ2) is 6.05. The Kier molecular flexibility index (Phi) is 4.97. The minimum absolute atomic E-state index is 0.0883. The Morgan fingerprint density at radius 2 is 2.11 bits per heavy atom. The van der Waals surface area contributed by atoms with Crippen LogP contribution in [0, 0.1) is 0 Å². The van der Waals surface area contributed by atoms with Gasteiger partial charge >= 0.3 is 6.36 Å². The monoisotopic (exact) mass is 326 g/mol. The van der Waals surface area contributed by atoms with Crippen LogP contribution in [-0.2, 0) is 4.79 Å². The van der Waals surface area contributed by atoms with Crippen molar-refractivity contribution in [2.45, 2.75) is 12.8 Å². The van der Waals surface area contributed by atoms with Gasteiger partial charge in [-0.05, 0) is 34.1 Å². The van der Waals surface area contributed by atoms with Gasteiger partial charge in [-0.25, -0.2) is 0 Å². The molecule has 0 spiro atoms. The number of nitrogens with one attached hydrogen (secondary N) is 1. The molecular weight excluding hydrogens is 317 g/mol. The summed E-state index contributed by atoms with van der Waals surface area (Å²) >= 11 is 2.93. The van der Waals surface area contributed by atoms with Gasteiger partial charge in [-0.15, -0.1) is 13.2 Å². The van der Waals surface area contributed by atoms with Crippen LogP contribution in [0.3, 0.4) is 0 Å². The fourth-order valence-electron chi connectivity index (χ4n) is 1.14. The first-order valence-corrected chi connectivity index (χ1v) is 5.66. The molecule has 1 aromatic rings. The number of amides is 1. The number of carbonyl (C=O) groups is 1. The predicted molar refractivity (Wildman–Crippen MR) is 63.1 cm³/mol. The molecule has 0 aromatic heterocycles. The van der Waals surface area contributed by atoms with Crippen molar-refractivity contribution < 1.29 is 22.7 Å². The standard InChI is InChI=1S/C10H10BrF3N2O2/c11-7-5-6(16-9(17)3-4-15)1-2-8(7)18-10(12,13)14/h1-2,5H,3-4,15H2,(H,16,17). The Bertz CT molecular complexity index is 438. The van der Waals surface area contributed by atoms with Gasteiger partial charge in [-0.1, -0.05) is 0 Å². The van der Waals surface area contributed by atoms with Gasteiger partial charge in [0.1, 0.15) is 5.75 Å². The number of halogens is 4. The normalized spacial score (nSPS) is 11.2. The van der Waals surface area contributed by atoms with Crippen LogP contribution in [0.1, 0.15) is 6.42 Å². The zero-order valence-corrected chi connectivity index (χ0v) is 10.6. The minimum Gasteiger partial charge on any atom is -0.405 e. The van der Waals surface area contributed by atoms with Crippen molar-refractivity contribution in [1.82, 2.24) is 0 Å². The summed E-state index contributed by atoms with van der Waals surface area (Å²) < 4.78 is 39.9. The lowest BCUT2D eigenvalue weighted by Crippen LogP contribution is -2.18. The molecular formula is C10H10BrF3N2O2. The molecule has 3 N–H and O–H groups in total. The minimum atomic E-state index is -4.76. The molecule has 1 rings (SSSR count). The van der Waals surface area contributed by atoms with E-state index in [2.05, 4.69) is 26.0 Å². The van der Waals surface area contributed by atoms with Gasteiger partial charge in [0.2, 0.25) is 5.91 Å². The highest BCUT2D eigenvalue weighted by atomic mass is 79.9. The fraction of sp³-hybridized carbons (Fsp3) is 0.300. The van der Waals surface area contributed by atoms with Gasteiger partial charge in [-0.2, -0.15) is 0 Å². The molecule has 1 amide bonds. The van der Waals surface area contributed by atoms with Crippen LogP contribution in [0.5, 0.6) is 5.75 Å². The van der Waals surface area contributed by atoms with Crippen molar-refractivity contribution in [3.05, 3.63) is 22.7 Å². The lowest BCUT2D eigenvalue weighted by Gasteiger charge is -2.12. The van der Waals surface area contributed by atoms with Crippen molar-refractivity contribution in [2.75, 3.05) is 11.9 Å². The maximum atomic E-state index is 12.0. The Balaban J connectivity index is 2.76. The molecule has 0 saturated heterocycles. The summed E-state index contributed by atoms with van der Waals surface area (Å²) in [7, 11) is 0. The van der Waals surface area contributed by atoms with E-state index in [1.807, 2.05) is 0 Å². The van der Waals surface area contributed by atoms with Gasteiger partial charge in [0, 0.05) is 18.7 Å². The zero-order valence-electron chi connectivity index (χ0n) is 9.05. The highest BCUT2D eigenvalue weighted by molar-refractivity contribution is 9.10. The molecule has 0 fully saturated rings. The molecule has 0 saturated carbocycles. The number of rotatable bonds is 4. The van der Waals surface area contributed by atoms with Crippen molar-refractivity contribution in [3.8, 4) is 5.75 Å². The average molecular weight is 327 g/mol. The maximum absolute atomic E-state index is 12.0. The van der Waals surface area contributed by atoms with Crippen molar-refractivity contribution in [3.63, 3.8) is 0 Å². The third-order valence-corrected chi connectivity index (χ3v) is 2.43. The molecule has 100 valence electrons. The maximum Gasteiger partial charge on any atom is 0.573 e. The van der Waals surface area contributed by atoms with Gasteiger partial charge in [-0.3, -0.25) is 4.79 Å². The predicted octanol–water partition coefficient (Wildman–Crippen LogP) is 2.64. The van der Waals surface area contributed by atoms with Crippen LogP contribution >= 0.6 is 15.9 Å². The Morgan fingerprint density at radius 3 is 2.61 bits per heavy atom. The van der Waals surface area contributed by atoms with Gasteiger partial charge in [0.15, 0.2) is 0 Å². The molecule has 4 nitrogen and oxygen atoms in total. The van der Waals surface area contributed by atoms with Crippen molar-refractivity contribution in [1.29, 1.82) is 0 Å². The third-order valence-electron chi connectivity index (χ3n) is 1.81. The molecule has 0 unspecified atom stereocenters. The molecule has 18 heavy (non-hydrogen) atoms. The summed E-state index contributed by atoms with van der Waals surface area (Å²) in [6.07, 6.45) is -4.62. The quantitative estimate of drug-likeness (QED) is 0.894. The van der Waals surface area contributed by atoms with E-state index >= 15 is 0 Å². The van der Waals surface area contributed by atoms with Gasteiger partial charge in [0.25, 0.3) is 0 Å². The number of ether oxygens (including phenoxy) is 1. The Labute approximate surface area is 109 Å². The van der Waals surface area contributed by atoms with E-state index in [4.69, 9.17) is 5.73 Å². The second-order valence-corrected chi connectivity index (χ2v) is 4.13. The second-order valence-electron chi connectivity index (χ2n) is 3.28. The molecule has 0 aliphatic rings. The van der Waals surface area contributed by atoms with Gasteiger partial charge < -0.3 is 15.8 Å². The average Bonchev–Trinajstić information content (AvgIpc) is 2.21. The summed E-state index contributed by atoms with van der Waals surface area (Å²) in [5, 5.41) is 2.49. The van der Waals surface area contributed by atoms with Crippen LogP contribution in [0.25, 0.3) is 0 Å². The molecule has 0 radical (unpaired) electrons. The zero-order chi connectivity index (χ0) is 13.8. The first kappa shape index (κ1) is 14.8. The number of nitrogens with two attached hydrogens (primary N) is 1. The highest BCUT2D eigenvalue weighted by Gasteiger charge is 2.31. The first-order chi connectivity index (χ1) is 8.31. The molecule has 8 heteroatoms. The SMILES string of the molecule is NCCC(=O)Nc1ccc(OC(F)(F)F)c(Br)c1. The van der Waals surface area contributed by atoms with Crippen LogP contribution in [0.2, 0.25) is 0 Å². The topological polar surface area (TPSA) is 64.4 Å². The molecule has 0 bridgehead atoms. The van der Waals surface area contributed by atoms with E-state index in [1.165, 1.54) is 12.1 Å². The number of hydrogen-bond donors (Lipinski definition) is 2. The lowest BCUT2D eigenvalue weighted by atomic mass is 10.3. The highest BCUT2D eigenvalue weighted by Crippen LogP contribution is 2.32. The number of alkyl halides is 3. The largest absolute Gasteiger partial charge is 0.573 e. The summed E-state index contributed by atoms with van der Waals surface area (Å²) in [6, 6.07) is 3.73. The molecule has 0 aliphatic carbocycles. The number of hydrogen-bond acceptors (Lipinski definition) is 3. The van der Waals surface area contributed by atoms with E-state index in [1.54, 1.807) is 0 Å². The van der Waals surface area contributed by atoms with Crippen LogP contribution in [0.15, 0.2) is 22.7 Å². The smallest absolute Gasteiger partial charge is 0.405 e. The van der Waals surface area contributed by atoms with Crippen molar-refractivity contribution >= 4 is 27.5 Å². The van der Waals surface area contributed by atoms with Crippen LogP contribution in [-0.4, -0.2) is 18.8 Å². The van der Waals surface area contributed by atoms with E-state index in [-0.39, 0.29) is 29.1 Å². The molecule has 0 aliphatic heterocycles. The van der Waals surface area contributed by atoms with E-state index < -0.39 is 6.36 Å². The number of benzene rings is 1. The molecule has 0 heterocycles.